The molecule has 0 atom stereocenters. The first kappa shape index (κ1) is 9.87. The van der Waals surface area contributed by atoms with Gasteiger partial charge in [0.2, 0.25) is 0 Å². The zero-order valence-corrected chi connectivity index (χ0v) is 9.46. The second kappa shape index (κ2) is 3.34. The first-order valence-corrected chi connectivity index (χ1v) is 5.65. The van der Waals surface area contributed by atoms with Gasteiger partial charge in [0, 0.05) is 5.02 Å². The van der Waals surface area contributed by atoms with Gasteiger partial charge in [0.05, 0.1) is 17.4 Å². The first-order valence-electron chi connectivity index (χ1n) is 5.28. The van der Waals surface area contributed by atoms with Crippen molar-refractivity contribution < 1.29 is 0 Å². The summed E-state index contributed by atoms with van der Waals surface area (Å²) < 4.78 is 0. The molecule has 1 aliphatic carbocycles. The topological polar surface area (TPSA) is 54.7 Å². The Morgan fingerprint density at radius 2 is 1.94 bits per heavy atom. The van der Waals surface area contributed by atoms with Crippen molar-refractivity contribution in [2.24, 2.45) is 5.73 Å². The van der Waals surface area contributed by atoms with Crippen LogP contribution in [-0.4, -0.2) is 9.97 Å². The van der Waals surface area contributed by atoms with Gasteiger partial charge in [0.25, 0.3) is 0 Å². The van der Waals surface area contributed by atoms with Crippen molar-refractivity contribution in [2.75, 3.05) is 0 Å². The van der Waals surface area contributed by atoms with E-state index in [0.717, 1.165) is 34.9 Å². The van der Waals surface area contributed by atoms with Crippen LogP contribution in [0.3, 0.4) is 0 Å². The van der Waals surface area contributed by atoms with Crippen LogP contribution in [-0.2, 0) is 5.54 Å². The summed E-state index contributed by atoms with van der Waals surface area (Å²) in [6.45, 7) is 0. The van der Waals surface area contributed by atoms with E-state index >= 15 is 0 Å². The van der Waals surface area contributed by atoms with Crippen molar-refractivity contribution in [1.82, 2.24) is 9.97 Å². The van der Waals surface area contributed by atoms with Gasteiger partial charge in [0.1, 0.15) is 5.82 Å². The number of benzene rings is 1. The minimum Gasteiger partial charge on any atom is -0.340 e. The summed E-state index contributed by atoms with van der Waals surface area (Å²) in [5.74, 6) is 0.887. The summed E-state index contributed by atoms with van der Waals surface area (Å²) in [4.78, 5) is 7.61. The average Bonchev–Trinajstić information content (AvgIpc) is 2.84. The number of hydrogen-bond acceptors (Lipinski definition) is 2. The molecule has 0 saturated heterocycles. The molecule has 2 aromatic rings. The van der Waals surface area contributed by atoms with Gasteiger partial charge >= 0.3 is 0 Å². The molecule has 1 fully saturated rings. The van der Waals surface area contributed by atoms with Crippen molar-refractivity contribution in [2.45, 2.75) is 18.4 Å². The summed E-state index contributed by atoms with van der Waals surface area (Å²) in [6.07, 6.45) is 3.85. The molecule has 3 nitrogen and oxygen atoms in total. The molecular formula is C12H12ClN3. The SMILES string of the molecule is NC1(c2ncc(-c3ccc(Cl)cc3)[nH]2)CC1. The zero-order chi connectivity index (χ0) is 11.2. The summed E-state index contributed by atoms with van der Waals surface area (Å²) in [5.41, 5.74) is 7.93. The Bertz CT molecular complexity index is 511. The highest BCUT2D eigenvalue weighted by Gasteiger charge is 2.42. The molecule has 1 aromatic carbocycles. The van der Waals surface area contributed by atoms with Gasteiger partial charge in [-0.05, 0) is 30.5 Å². The molecule has 3 N–H and O–H groups in total. The summed E-state index contributed by atoms with van der Waals surface area (Å²) in [6, 6.07) is 7.67. The molecule has 4 heteroatoms. The third-order valence-corrected chi connectivity index (χ3v) is 3.24. The molecule has 0 bridgehead atoms. The highest BCUT2D eigenvalue weighted by Crippen LogP contribution is 2.41. The minimum absolute atomic E-state index is 0.204. The number of aromatic amines is 1. The molecule has 0 aliphatic heterocycles. The van der Waals surface area contributed by atoms with E-state index in [1.165, 1.54) is 0 Å². The lowest BCUT2D eigenvalue weighted by atomic mass is 10.2. The lowest BCUT2D eigenvalue weighted by molar-refractivity contribution is 0.685. The van der Waals surface area contributed by atoms with Crippen LogP contribution in [0.25, 0.3) is 11.3 Å². The second-order valence-corrected chi connectivity index (χ2v) is 4.74. The van der Waals surface area contributed by atoms with E-state index in [2.05, 4.69) is 9.97 Å². The maximum absolute atomic E-state index is 6.07. The van der Waals surface area contributed by atoms with E-state index in [0.29, 0.717) is 0 Å². The van der Waals surface area contributed by atoms with Crippen molar-refractivity contribution in [3.05, 3.63) is 41.3 Å². The van der Waals surface area contributed by atoms with Gasteiger partial charge in [-0.15, -0.1) is 0 Å². The predicted molar refractivity (Wildman–Crippen MR) is 64.1 cm³/mol. The van der Waals surface area contributed by atoms with Crippen molar-refractivity contribution in [3.8, 4) is 11.3 Å². The van der Waals surface area contributed by atoms with E-state index < -0.39 is 0 Å². The van der Waals surface area contributed by atoms with Crippen LogP contribution in [0.15, 0.2) is 30.5 Å². The van der Waals surface area contributed by atoms with Gasteiger partial charge in [-0.25, -0.2) is 4.98 Å². The quantitative estimate of drug-likeness (QED) is 0.838. The molecule has 1 saturated carbocycles. The minimum atomic E-state index is -0.204. The molecule has 3 rings (SSSR count). The van der Waals surface area contributed by atoms with Crippen LogP contribution in [0, 0.1) is 0 Å². The van der Waals surface area contributed by atoms with E-state index in [9.17, 15) is 0 Å². The zero-order valence-electron chi connectivity index (χ0n) is 8.70. The Morgan fingerprint density at radius 3 is 2.56 bits per heavy atom. The summed E-state index contributed by atoms with van der Waals surface area (Å²) >= 11 is 5.84. The molecule has 82 valence electrons. The van der Waals surface area contributed by atoms with Gasteiger partial charge in [-0.1, -0.05) is 23.7 Å². The number of aromatic nitrogens is 2. The smallest absolute Gasteiger partial charge is 0.126 e. The van der Waals surface area contributed by atoms with E-state index in [1.54, 1.807) is 0 Å². The first-order chi connectivity index (χ1) is 7.67. The van der Waals surface area contributed by atoms with Crippen LogP contribution >= 0.6 is 11.6 Å². The molecule has 0 unspecified atom stereocenters. The fourth-order valence-corrected chi connectivity index (χ4v) is 1.85. The lowest BCUT2D eigenvalue weighted by Gasteiger charge is -2.03. The number of nitrogens with two attached hydrogens (primary N) is 1. The number of nitrogens with one attached hydrogen (secondary N) is 1. The van der Waals surface area contributed by atoms with Gasteiger partial charge in [-0.2, -0.15) is 0 Å². The summed E-state index contributed by atoms with van der Waals surface area (Å²) in [5, 5.41) is 0.737. The van der Waals surface area contributed by atoms with Crippen molar-refractivity contribution >= 4 is 11.6 Å². The van der Waals surface area contributed by atoms with Gasteiger partial charge in [0.15, 0.2) is 0 Å². The van der Waals surface area contributed by atoms with Crippen molar-refractivity contribution in [1.29, 1.82) is 0 Å². The average molecular weight is 234 g/mol. The number of imidazole rings is 1. The number of hydrogen-bond donors (Lipinski definition) is 2. The number of halogens is 1. The molecule has 1 aromatic heterocycles. The molecule has 0 radical (unpaired) electrons. The number of nitrogens with zero attached hydrogens (tertiary/aromatic N) is 1. The van der Waals surface area contributed by atoms with E-state index in [-0.39, 0.29) is 5.54 Å². The van der Waals surface area contributed by atoms with Gasteiger partial charge in [-0.3, -0.25) is 0 Å². The molecule has 1 heterocycles. The Morgan fingerprint density at radius 1 is 1.25 bits per heavy atom. The Labute approximate surface area is 98.6 Å². The molecule has 0 spiro atoms. The normalized spacial score (nSPS) is 17.4. The molecular weight excluding hydrogens is 222 g/mol. The van der Waals surface area contributed by atoms with Crippen LogP contribution in [0.4, 0.5) is 0 Å². The largest absolute Gasteiger partial charge is 0.340 e. The lowest BCUT2D eigenvalue weighted by Crippen LogP contribution is -2.20. The highest BCUT2D eigenvalue weighted by molar-refractivity contribution is 6.30. The van der Waals surface area contributed by atoms with E-state index in [1.807, 2.05) is 30.5 Å². The van der Waals surface area contributed by atoms with Crippen LogP contribution < -0.4 is 5.73 Å². The third-order valence-electron chi connectivity index (χ3n) is 2.99. The van der Waals surface area contributed by atoms with Crippen LogP contribution in [0.5, 0.6) is 0 Å². The van der Waals surface area contributed by atoms with Crippen molar-refractivity contribution in [3.63, 3.8) is 0 Å². The molecule has 1 aliphatic rings. The van der Waals surface area contributed by atoms with Crippen LogP contribution in [0.1, 0.15) is 18.7 Å². The van der Waals surface area contributed by atoms with Crippen LogP contribution in [0.2, 0.25) is 5.02 Å². The fourth-order valence-electron chi connectivity index (χ4n) is 1.72. The summed E-state index contributed by atoms with van der Waals surface area (Å²) in [7, 11) is 0. The van der Waals surface area contributed by atoms with Gasteiger partial charge < -0.3 is 10.7 Å². The molecule has 0 amide bonds. The Kier molecular flexibility index (Phi) is 2.06. The Balaban J connectivity index is 1.95. The maximum Gasteiger partial charge on any atom is 0.126 e. The van der Waals surface area contributed by atoms with E-state index in [4.69, 9.17) is 17.3 Å². The third kappa shape index (κ3) is 1.62. The number of H-pyrrole nitrogens is 1. The second-order valence-electron chi connectivity index (χ2n) is 4.31. The predicted octanol–water partition coefficient (Wildman–Crippen LogP) is 2.68. The standard InChI is InChI=1S/C12H12ClN3/c13-9-3-1-8(2-4-9)10-7-15-11(16-10)12(14)5-6-12/h1-4,7H,5-6,14H2,(H,15,16). The highest BCUT2D eigenvalue weighted by atomic mass is 35.5. The monoisotopic (exact) mass is 233 g/mol. The molecule has 16 heavy (non-hydrogen) atoms. The maximum atomic E-state index is 6.07. The Hall–Kier alpha value is -1.32. The fraction of sp³-hybridized carbons (Fsp3) is 0.250. The number of rotatable bonds is 2.